The summed E-state index contributed by atoms with van der Waals surface area (Å²) in [5.74, 6) is 0.376. The molecule has 3 N–H and O–H groups in total. The predicted octanol–water partition coefficient (Wildman–Crippen LogP) is 0.237. The van der Waals surface area contributed by atoms with Crippen LogP contribution in [0.15, 0.2) is 12.3 Å². The Labute approximate surface area is 101 Å². The first-order chi connectivity index (χ1) is 7.19. The third-order valence-electron chi connectivity index (χ3n) is 1.95. The largest absolute Gasteiger partial charge is 0.383 e. The Bertz CT molecular complexity index is 329. The second kappa shape index (κ2) is 7.21. The summed E-state index contributed by atoms with van der Waals surface area (Å²) in [6.45, 7) is 2.84. The van der Waals surface area contributed by atoms with Crippen molar-refractivity contribution < 1.29 is 9.53 Å². The molecule has 0 aliphatic rings. The molecule has 0 saturated heterocycles. The highest BCUT2D eigenvalue weighted by molar-refractivity contribution is 5.94. The van der Waals surface area contributed by atoms with Crippen LogP contribution in [0.2, 0.25) is 0 Å². The highest BCUT2D eigenvalue weighted by atomic mass is 35.5. The Balaban J connectivity index is 0.00000225. The first-order valence-electron chi connectivity index (χ1n) is 4.76. The standard InChI is InChI=1S/C9H16N4O2.ClH/c1-3-13-8(4-5-11-13)12-9(14)7(10)6-15-2;/h4-5,7H,3,6,10H2,1-2H3,(H,12,14);1H. The van der Waals surface area contributed by atoms with Crippen LogP contribution in [0.4, 0.5) is 5.82 Å². The van der Waals surface area contributed by atoms with E-state index in [9.17, 15) is 4.79 Å². The van der Waals surface area contributed by atoms with Gasteiger partial charge in [-0.3, -0.25) is 4.79 Å². The lowest BCUT2D eigenvalue weighted by Crippen LogP contribution is -2.39. The summed E-state index contributed by atoms with van der Waals surface area (Å²) in [5.41, 5.74) is 5.57. The summed E-state index contributed by atoms with van der Waals surface area (Å²) in [5, 5.41) is 6.71. The molecule has 0 radical (unpaired) electrons. The van der Waals surface area contributed by atoms with E-state index in [0.29, 0.717) is 12.4 Å². The summed E-state index contributed by atoms with van der Waals surface area (Å²) >= 11 is 0. The number of hydrogen-bond donors (Lipinski definition) is 2. The van der Waals surface area contributed by atoms with Crippen LogP contribution < -0.4 is 11.1 Å². The molecule has 0 spiro atoms. The SMILES string of the molecule is CCn1nccc1NC(=O)C(N)COC.Cl. The Morgan fingerprint density at radius 1 is 1.75 bits per heavy atom. The number of hydrogen-bond acceptors (Lipinski definition) is 4. The van der Waals surface area contributed by atoms with Gasteiger partial charge in [-0.1, -0.05) is 0 Å². The number of ether oxygens (including phenoxy) is 1. The zero-order valence-corrected chi connectivity index (χ0v) is 10.2. The molecule has 1 unspecified atom stereocenters. The monoisotopic (exact) mass is 248 g/mol. The molecule has 6 nitrogen and oxygen atoms in total. The van der Waals surface area contributed by atoms with Crippen LogP contribution in [-0.4, -0.2) is 35.4 Å². The molecule has 0 aromatic carbocycles. The molecule has 7 heteroatoms. The topological polar surface area (TPSA) is 82.2 Å². The molecule has 0 saturated carbocycles. The normalized spacial score (nSPS) is 11.7. The van der Waals surface area contributed by atoms with E-state index in [1.807, 2.05) is 6.92 Å². The fourth-order valence-corrected chi connectivity index (χ4v) is 1.17. The zero-order valence-electron chi connectivity index (χ0n) is 9.34. The van der Waals surface area contributed by atoms with Crippen molar-refractivity contribution in [2.45, 2.75) is 19.5 Å². The second-order valence-corrected chi connectivity index (χ2v) is 3.08. The molecule has 1 heterocycles. The van der Waals surface area contributed by atoms with E-state index in [1.165, 1.54) is 7.11 Å². The number of aryl methyl sites for hydroxylation is 1. The maximum Gasteiger partial charge on any atom is 0.244 e. The number of rotatable bonds is 5. The molecule has 1 atom stereocenters. The van der Waals surface area contributed by atoms with Gasteiger partial charge in [-0.15, -0.1) is 12.4 Å². The van der Waals surface area contributed by atoms with E-state index in [2.05, 4.69) is 10.4 Å². The second-order valence-electron chi connectivity index (χ2n) is 3.08. The summed E-state index contributed by atoms with van der Waals surface area (Å²) in [6, 6.07) is 1.07. The van der Waals surface area contributed by atoms with Gasteiger partial charge >= 0.3 is 0 Å². The molecule has 1 aromatic heterocycles. The minimum absolute atomic E-state index is 0. The number of nitrogens with two attached hydrogens (primary N) is 1. The lowest BCUT2D eigenvalue weighted by atomic mass is 10.3. The number of halogens is 1. The Morgan fingerprint density at radius 2 is 2.44 bits per heavy atom. The Hall–Kier alpha value is -1.11. The molecule has 0 fully saturated rings. The van der Waals surface area contributed by atoms with Crippen LogP contribution in [0, 0.1) is 0 Å². The first kappa shape index (κ1) is 14.9. The quantitative estimate of drug-likeness (QED) is 0.782. The molecule has 0 aliphatic heterocycles. The van der Waals surface area contributed by atoms with Crippen molar-refractivity contribution in [2.24, 2.45) is 5.73 Å². The van der Waals surface area contributed by atoms with Gasteiger partial charge in [0, 0.05) is 19.7 Å². The molecule has 92 valence electrons. The van der Waals surface area contributed by atoms with E-state index >= 15 is 0 Å². The first-order valence-corrected chi connectivity index (χ1v) is 4.76. The minimum atomic E-state index is -0.657. The summed E-state index contributed by atoms with van der Waals surface area (Å²) in [4.78, 5) is 11.5. The van der Waals surface area contributed by atoms with Crippen LogP contribution in [0.1, 0.15) is 6.92 Å². The average molecular weight is 249 g/mol. The van der Waals surface area contributed by atoms with E-state index in [-0.39, 0.29) is 24.9 Å². The molecule has 1 rings (SSSR count). The minimum Gasteiger partial charge on any atom is -0.383 e. The number of nitrogens with one attached hydrogen (secondary N) is 1. The number of carbonyl (C=O) groups excluding carboxylic acids is 1. The smallest absolute Gasteiger partial charge is 0.244 e. The van der Waals surface area contributed by atoms with Gasteiger partial charge in [0.25, 0.3) is 0 Å². The van der Waals surface area contributed by atoms with Crippen LogP contribution in [0.5, 0.6) is 0 Å². The van der Waals surface area contributed by atoms with Crippen molar-refractivity contribution in [3.63, 3.8) is 0 Å². The van der Waals surface area contributed by atoms with Gasteiger partial charge in [0.15, 0.2) is 0 Å². The van der Waals surface area contributed by atoms with Crippen molar-refractivity contribution in [1.29, 1.82) is 0 Å². The fourth-order valence-electron chi connectivity index (χ4n) is 1.17. The molecule has 1 aromatic rings. The van der Waals surface area contributed by atoms with E-state index in [0.717, 1.165) is 0 Å². The average Bonchev–Trinajstić information content (AvgIpc) is 2.65. The Kier molecular flexibility index (Phi) is 6.71. The third kappa shape index (κ3) is 3.80. The highest BCUT2D eigenvalue weighted by Gasteiger charge is 2.14. The zero-order chi connectivity index (χ0) is 11.3. The van der Waals surface area contributed by atoms with Crippen LogP contribution in [0.3, 0.4) is 0 Å². The molecule has 1 amide bonds. The lowest BCUT2D eigenvalue weighted by Gasteiger charge is -2.11. The third-order valence-corrected chi connectivity index (χ3v) is 1.95. The number of anilines is 1. The van der Waals surface area contributed by atoms with Gasteiger partial charge in [0.05, 0.1) is 12.8 Å². The van der Waals surface area contributed by atoms with Crippen molar-refractivity contribution in [3.8, 4) is 0 Å². The van der Waals surface area contributed by atoms with Gasteiger partial charge in [-0.05, 0) is 6.92 Å². The Morgan fingerprint density at radius 3 is 3.00 bits per heavy atom. The van der Waals surface area contributed by atoms with Gasteiger partial charge in [0.2, 0.25) is 5.91 Å². The van der Waals surface area contributed by atoms with E-state index in [1.54, 1.807) is 16.9 Å². The van der Waals surface area contributed by atoms with Crippen LogP contribution in [-0.2, 0) is 16.1 Å². The van der Waals surface area contributed by atoms with E-state index < -0.39 is 6.04 Å². The van der Waals surface area contributed by atoms with Crippen molar-refractivity contribution >= 4 is 24.1 Å². The number of nitrogens with zero attached hydrogens (tertiary/aromatic N) is 2. The number of carbonyl (C=O) groups is 1. The summed E-state index contributed by atoms with van der Waals surface area (Å²) < 4.78 is 6.47. The number of amides is 1. The number of aromatic nitrogens is 2. The molecule has 16 heavy (non-hydrogen) atoms. The molecule has 0 aliphatic carbocycles. The fraction of sp³-hybridized carbons (Fsp3) is 0.556. The maximum absolute atomic E-state index is 11.5. The van der Waals surface area contributed by atoms with Gasteiger partial charge in [0.1, 0.15) is 11.9 Å². The predicted molar refractivity (Wildman–Crippen MR) is 63.6 cm³/mol. The summed E-state index contributed by atoms with van der Waals surface area (Å²) in [7, 11) is 1.50. The number of methoxy groups -OCH3 is 1. The van der Waals surface area contributed by atoms with E-state index in [4.69, 9.17) is 10.5 Å². The van der Waals surface area contributed by atoms with Gasteiger partial charge < -0.3 is 15.8 Å². The van der Waals surface area contributed by atoms with Crippen LogP contribution in [0.25, 0.3) is 0 Å². The van der Waals surface area contributed by atoms with Crippen molar-refractivity contribution in [1.82, 2.24) is 9.78 Å². The molecular weight excluding hydrogens is 232 g/mol. The van der Waals surface area contributed by atoms with Gasteiger partial charge in [-0.25, -0.2) is 4.68 Å². The summed E-state index contributed by atoms with van der Waals surface area (Å²) in [6.07, 6.45) is 1.63. The van der Waals surface area contributed by atoms with Crippen molar-refractivity contribution in [2.75, 3.05) is 19.0 Å². The molecule has 0 bridgehead atoms. The van der Waals surface area contributed by atoms with Gasteiger partial charge in [-0.2, -0.15) is 5.10 Å². The van der Waals surface area contributed by atoms with Crippen molar-refractivity contribution in [3.05, 3.63) is 12.3 Å². The lowest BCUT2D eigenvalue weighted by molar-refractivity contribution is -0.118. The highest BCUT2D eigenvalue weighted by Crippen LogP contribution is 2.05. The molecular formula is C9H17ClN4O2. The van der Waals surface area contributed by atoms with Crippen LogP contribution >= 0.6 is 12.4 Å². The maximum atomic E-state index is 11.5.